The molecule has 2 N–H and O–H groups in total. The summed E-state index contributed by atoms with van der Waals surface area (Å²) in [6.45, 7) is 2.50. The third kappa shape index (κ3) is 3.55. The van der Waals surface area contributed by atoms with Gasteiger partial charge in [-0.3, -0.25) is 0 Å². The molecule has 2 rings (SSSR count). The van der Waals surface area contributed by atoms with Crippen molar-refractivity contribution >= 4 is 0 Å². The first-order valence-corrected chi connectivity index (χ1v) is 6.71. The fourth-order valence-electron chi connectivity index (χ4n) is 2.81. The molecule has 1 saturated carbocycles. The van der Waals surface area contributed by atoms with Crippen molar-refractivity contribution in [2.24, 2.45) is 5.92 Å². The summed E-state index contributed by atoms with van der Waals surface area (Å²) in [5.74, 6) is 0.816. The van der Waals surface area contributed by atoms with Gasteiger partial charge in [-0.15, -0.1) is 0 Å². The molecule has 1 aliphatic rings. The average molecular weight is 233 g/mol. The third-order valence-corrected chi connectivity index (χ3v) is 3.76. The van der Waals surface area contributed by atoms with Crippen LogP contribution in [0.3, 0.4) is 0 Å². The standard InChI is InChI=1S/C15H23NO/c1-12-6-5-9-14(10-12)16-15(11-17)13-7-3-2-4-8-13/h2-4,7-8,12,14-17H,5-6,9-11H2,1H3. The summed E-state index contributed by atoms with van der Waals surface area (Å²) in [4.78, 5) is 0. The Morgan fingerprint density at radius 3 is 2.71 bits per heavy atom. The molecule has 3 atom stereocenters. The van der Waals surface area contributed by atoms with Gasteiger partial charge in [-0.05, 0) is 24.3 Å². The minimum absolute atomic E-state index is 0.0894. The lowest BCUT2D eigenvalue weighted by Gasteiger charge is -2.31. The molecular weight excluding hydrogens is 210 g/mol. The first-order valence-electron chi connectivity index (χ1n) is 6.71. The lowest BCUT2D eigenvalue weighted by atomic mass is 9.86. The summed E-state index contributed by atoms with van der Waals surface area (Å²) in [7, 11) is 0. The van der Waals surface area contributed by atoms with Crippen LogP contribution in [0.4, 0.5) is 0 Å². The summed E-state index contributed by atoms with van der Waals surface area (Å²) in [6, 6.07) is 10.9. The van der Waals surface area contributed by atoms with Crippen LogP contribution in [0.15, 0.2) is 30.3 Å². The topological polar surface area (TPSA) is 32.3 Å². The summed E-state index contributed by atoms with van der Waals surface area (Å²) in [5, 5.41) is 13.1. The van der Waals surface area contributed by atoms with Crippen molar-refractivity contribution in [1.29, 1.82) is 0 Å². The molecule has 0 spiro atoms. The van der Waals surface area contributed by atoms with E-state index in [0.29, 0.717) is 6.04 Å². The van der Waals surface area contributed by atoms with Gasteiger partial charge in [-0.2, -0.15) is 0 Å². The molecule has 2 nitrogen and oxygen atoms in total. The Morgan fingerprint density at radius 2 is 2.06 bits per heavy atom. The highest BCUT2D eigenvalue weighted by Gasteiger charge is 2.21. The highest BCUT2D eigenvalue weighted by atomic mass is 16.3. The molecule has 0 aromatic heterocycles. The van der Waals surface area contributed by atoms with E-state index in [9.17, 15) is 5.11 Å². The Kier molecular flexibility index (Phi) is 4.57. The molecule has 17 heavy (non-hydrogen) atoms. The SMILES string of the molecule is CC1CCCC(NC(CO)c2ccccc2)C1. The number of hydrogen-bond acceptors (Lipinski definition) is 2. The second-order valence-corrected chi connectivity index (χ2v) is 5.28. The first kappa shape index (κ1) is 12.6. The van der Waals surface area contributed by atoms with Gasteiger partial charge in [0.2, 0.25) is 0 Å². The second kappa shape index (κ2) is 6.18. The minimum atomic E-state index is 0.0894. The van der Waals surface area contributed by atoms with Crippen LogP contribution >= 0.6 is 0 Å². The van der Waals surface area contributed by atoms with Crippen LogP contribution in [0.1, 0.15) is 44.2 Å². The molecule has 94 valence electrons. The van der Waals surface area contributed by atoms with Crippen LogP contribution < -0.4 is 5.32 Å². The molecule has 1 aromatic carbocycles. The normalized spacial score (nSPS) is 26.7. The fraction of sp³-hybridized carbons (Fsp3) is 0.600. The van der Waals surface area contributed by atoms with Gasteiger partial charge in [0, 0.05) is 6.04 Å². The zero-order valence-corrected chi connectivity index (χ0v) is 10.6. The van der Waals surface area contributed by atoms with Crippen molar-refractivity contribution in [1.82, 2.24) is 5.32 Å². The van der Waals surface area contributed by atoms with Crippen molar-refractivity contribution < 1.29 is 5.11 Å². The summed E-state index contributed by atoms with van der Waals surface area (Å²) < 4.78 is 0. The zero-order chi connectivity index (χ0) is 12.1. The molecule has 0 saturated heterocycles. The molecule has 3 unspecified atom stereocenters. The average Bonchev–Trinajstić information content (AvgIpc) is 2.37. The molecule has 1 aliphatic carbocycles. The highest BCUT2D eigenvalue weighted by molar-refractivity contribution is 5.19. The summed E-state index contributed by atoms with van der Waals surface area (Å²) in [5.41, 5.74) is 1.19. The molecule has 0 bridgehead atoms. The fourth-order valence-corrected chi connectivity index (χ4v) is 2.81. The van der Waals surface area contributed by atoms with Crippen LogP contribution in [0.25, 0.3) is 0 Å². The van der Waals surface area contributed by atoms with E-state index in [0.717, 1.165) is 5.92 Å². The Labute approximate surface area is 104 Å². The van der Waals surface area contributed by atoms with Gasteiger partial charge in [-0.25, -0.2) is 0 Å². The molecular formula is C15H23NO. The van der Waals surface area contributed by atoms with Crippen LogP contribution in [0, 0.1) is 5.92 Å². The zero-order valence-electron chi connectivity index (χ0n) is 10.6. The Morgan fingerprint density at radius 1 is 1.29 bits per heavy atom. The van der Waals surface area contributed by atoms with E-state index < -0.39 is 0 Å². The van der Waals surface area contributed by atoms with Gasteiger partial charge in [0.1, 0.15) is 0 Å². The van der Waals surface area contributed by atoms with Crippen molar-refractivity contribution in [2.75, 3.05) is 6.61 Å². The van der Waals surface area contributed by atoms with Gasteiger partial charge in [-0.1, -0.05) is 50.1 Å². The van der Waals surface area contributed by atoms with Crippen LogP contribution in [0.2, 0.25) is 0 Å². The predicted octanol–water partition coefficient (Wildman–Crippen LogP) is 2.89. The van der Waals surface area contributed by atoms with E-state index in [2.05, 4.69) is 24.4 Å². The molecule has 0 radical (unpaired) electrons. The monoisotopic (exact) mass is 233 g/mol. The first-order chi connectivity index (χ1) is 8.29. The maximum absolute atomic E-state index is 9.51. The molecule has 0 heterocycles. The number of nitrogens with one attached hydrogen (secondary N) is 1. The van der Waals surface area contributed by atoms with Crippen LogP contribution in [0.5, 0.6) is 0 Å². The number of rotatable bonds is 4. The largest absolute Gasteiger partial charge is 0.394 e. The Balaban J connectivity index is 1.95. The van der Waals surface area contributed by atoms with Crippen molar-refractivity contribution in [3.8, 4) is 0 Å². The molecule has 2 heteroatoms. The van der Waals surface area contributed by atoms with Gasteiger partial charge in [0.05, 0.1) is 12.6 Å². The van der Waals surface area contributed by atoms with E-state index >= 15 is 0 Å². The quantitative estimate of drug-likeness (QED) is 0.838. The molecule has 1 aromatic rings. The minimum Gasteiger partial charge on any atom is -0.394 e. The maximum atomic E-state index is 9.51. The number of aliphatic hydroxyl groups is 1. The number of benzene rings is 1. The lowest BCUT2D eigenvalue weighted by Crippen LogP contribution is -2.37. The van der Waals surface area contributed by atoms with Crippen LogP contribution in [-0.2, 0) is 0 Å². The molecule has 1 fully saturated rings. The van der Waals surface area contributed by atoms with Crippen molar-refractivity contribution in [2.45, 2.75) is 44.7 Å². The third-order valence-electron chi connectivity index (χ3n) is 3.76. The van der Waals surface area contributed by atoms with E-state index in [-0.39, 0.29) is 12.6 Å². The van der Waals surface area contributed by atoms with Gasteiger partial charge < -0.3 is 10.4 Å². The van der Waals surface area contributed by atoms with Gasteiger partial charge in [0.15, 0.2) is 0 Å². The van der Waals surface area contributed by atoms with E-state index in [4.69, 9.17) is 0 Å². The van der Waals surface area contributed by atoms with Crippen LogP contribution in [-0.4, -0.2) is 17.8 Å². The van der Waals surface area contributed by atoms with E-state index in [1.807, 2.05) is 18.2 Å². The van der Waals surface area contributed by atoms with Crippen molar-refractivity contribution in [3.05, 3.63) is 35.9 Å². The van der Waals surface area contributed by atoms with Crippen molar-refractivity contribution in [3.63, 3.8) is 0 Å². The second-order valence-electron chi connectivity index (χ2n) is 5.28. The smallest absolute Gasteiger partial charge is 0.0626 e. The number of aliphatic hydroxyl groups excluding tert-OH is 1. The summed E-state index contributed by atoms with van der Waals surface area (Å²) >= 11 is 0. The van der Waals surface area contributed by atoms with E-state index in [1.165, 1.54) is 31.2 Å². The van der Waals surface area contributed by atoms with E-state index in [1.54, 1.807) is 0 Å². The predicted molar refractivity (Wildman–Crippen MR) is 70.8 cm³/mol. The number of hydrogen-bond donors (Lipinski definition) is 2. The Bertz CT molecular complexity index is 325. The molecule has 0 amide bonds. The van der Waals surface area contributed by atoms with Gasteiger partial charge >= 0.3 is 0 Å². The summed E-state index contributed by atoms with van der Waals surface area (Å²) in [6.07, 6.45) is 5.15. The Hall–Kier alpha value is -0.860. The highest BCUT2D eigenvalue weighted by Crippen LogP contribution is 2.25. The lowest BCUT2D eigenvalue weighted by molar-refractivity contribution is 0.208. The maximum Gasteiger partial charge on any atom is 0.0626 e. The molecule has 0 aliphatic heterocycles. The van der Waals surface area contributed by atoms with Gasteiger partial charge in [0.25, 0.3) is 0 Å².